The van der Waals surface area contributed by atoms with Gasteiger partial charge in [0, 0.05) is 14.2 Å². The Morgan fingerprint density at radius 2 is 1.85 bits per heavy atom. The summed E-state index contributed by atoms with van der Waals surface area (Å²) < 4.78 is 21.3. The Bertz CT molecular complexity index is 127. The van der Waals surface area contributed by atoms with Crippen molar-refractivity contribution in [3.05, 3.63) is 0 Å². The lowest BCUT2D eigenvalue weighted by Crippen LogP contribution is -2.21. The van der Waals surface area contributed by atoms with Crippen molar-refractivity contribution in [3.63, 3.8) is 0 Å². The van der Waals surface area contributed by atoms with Crippen molar-refractivity contribution < 1.29 is 13.9 Å². The summed E-state index contributed by atoms with van der Waals surface area (Å²) in [4.78, 5) is 3.65. The third-order valence-electron chi connectivity index (χ3n) is 1.11. The van der Waals surface area contributed by atoms with E-state index in [0.717, 1.165) is 0 Å². The molecule has 0 spiro atoms. The highest BCUT2D eigenvalue weighted by atomic mass is 19.1. The average molecular weight is 194 g/mol. The Kier molecular flexibility index (Phi) is 12.9. The molecule has 0 bridgehead atoms. The van der Waals surface area contributed by atoms with E-state index in [9.17, 15) is 4.39 Å². The molecule has 0 atom stereocenters. The predicted molar refractivity (Wildman–Crippen MR) is 51.6 cm³/mol. The fraction of sp³-hybridized carbons (Fsp3) is 0.875. The molecule has 0 saturated carbocycles. The van der Waals surface area contributed by atoms with Crippen LogP contribution in [0.25, 0.3) is 0 Å². The number of amidine groups is 1. The molecule has 0 aromatic carbocycles. The van der Waals surface area contributed by atoms with Gasteiger partial charge in [0.25, 0.3) is 0 Å². The van der Waals surface area contributed by atoms with Crippen LogP contribution >= 0.6 is 0 Å². The van der Waals surface area contributed by atoms with Gasteiger partial charge in [0.05, 0.1) is 6.54 Å². The number of methoxy groups -OCH3 is 2. The van der Waals surface area contributed by atoms with Gasteiger partial charge in [-0.2, -0.15) is 0 Å². The quantitative estimate of drug-likeness (QED) is 0.403. The van der Waals surface area contributed by atoms with Crippen LogP contribution in [0.1, 0.15) is 13.8 Å². The first kappa shape index (κ1) is 14.8. The van der Waals surface area contributed by atoms with Crippen molar-refractivity contribution in [2.45, 2.75) is 20.1 Å². The Morgan fingerprint density at radius 1 is 1.38 bits per heavy atom. The molecule has 2 N–H and O–H groups in total. The molecule has 0 amide bonds. The van der Waals surface area contributed by atoms with E-state index in [4.69, 9.17) is 15.2 Å². The van der Waals surface area contributed by atoms with Gasteiger partial charge in [-0.3, -0.25) is 4.99 Å². The van der Waals surface area contributed by atoms with Gasteiger partial charge in [-0.05, 0) is 0 Å². The number of ether oxygens (including phenoxy) is 2. The zero-order valence-electron chi connectivity index (χ0n) is 8.71. The summed E-state index contributed by atoms with van der Waals surface area (Å²) in [5, 5.41) is 0. The first-order valence-corrected chi connectivity index (χ1v) is 4.15. The topological polar surface area (TPSA) is 56.8 Å². The van der Waals surface area contributed by atoms with Gasteiger partial charge in [0.2, 0.25) is 0 Å². The van der Waals surface area contributed by atoms with E-state index in [0.29, 0.717) is 0 Å². The van der Waals surface area contributed by atoms with E-state index in [1.54, 1.807) is 0 Å². The van der Waals surface area contributed by atoms with E-state index < -0.39 is 13.0 Å². The smallest absolute Gasteiger partial charge is 0.176 e. The normalized spacial score (nSPS) is 11.1. The summed E-state index contributed by atoms with van der Waals surface area (Å²) in [6.45, 7) is 3.49. The summed E-state index contributed by atoms with van der Waals surface area (Å²) in [6, 6.07) is 0. The van der Waals surface area contributed by atoms with Crippen molar-refractivity contribution in [2.24, 2.45) is 10.7 Å². The molecule has 0 aromatic heterocycles. The molecule has 80 valence electrons. The number of nitrogens with zero attached hydrogens (tertiary/aromatic N) is 1. The molecule has 0 saturated heterocycles. The Hall–Kier alpha value is -0.680. The fourth-order valence-corrected chi connectivity index (χ4v) is 0.479. The standard InChI is InChI=1S/C6H13FN2O2.C2H6/c1-10-6(11-2)4-9-5(8)3-7;1-2/h6H,3-4H2,1-2H3,(H2,8,9);1-2H3. The van der Waals surface area contributed by atoms with Crippen LogP contribution in [0.5, 0.6) is 0 Å². The predicted octanol–water partition coefficient (Wildman–Crippen LogP) is 0.958. The van der Waals surface area contributed by atoms with E-state index >= 15 is 0 Å². The maximum atomic E-state index is 11.7. The Balaban J connectivity index is 0. The Labute approximate surface area is 78.9 Å². The highest BCUT2D eigenvalue weighted by Gasteiger charge is 2.02. The molecule has 0 radical (unpaired) electrons. The summed E-state index contributed by atoms with van der Waals surface area (Å²) >= 11 is 0. The number of nitrogens with two attached hydrogens (primary N) is 1. The number of rotatable bonds is 5. The third kappa shape index (κ3) is 9.23. The van der Waals surface area contributed by atoms with Crippen molar-refractivity contribution in [2.75, 3.05) is 27.4 Å². The summed E-state index contributed by atoms with van der Waals surface area (Å²) in [7, 11) is 2.96. The van der Waals surface area contributed by atoms with Gasteiger partial charge in [-0.25, -0.2) is 4.39 Å². The van der Waals surface area contributed by atoms with Crippen LogP contribution in [0.2, 0.25) is 0 Å². The van der Waals surface area contributed by atoms with Gasteiger partial charge < -0.3 is 15.2 Å². The van der Waals surface area contributed by atoms with E-state index in [1.807, 2.05) is 13.8 Å². The number of hydrogen-bond donors (Lipinski definition) is 1. The van der Waals surface area contributed by atoms with Crippen molar-refractivity contribution >= 4 is 5.84 Å². The maximum absolute atomic E-state index is 11.7. The fourth-order valence-electron chi connectivity index (χ4n) is 0.479. The second kappa shape index (κ2) is 11.3. The average Bonchev–Trinajstić information content (AvgIpc) is 2.22. The molecule has 13 heavy (non-hydrogen) atoms. The molecule has 0 fully saturated rings. The van der Waals surface area contributed by atoms with Crippen LogP contribution in [0.3, 0.4) is 0 Å². The van der Waals surface area contributed by atoms with Crippen LogP contribution in [0, 0.1) is 0 Å². The third-order valence-corrected chi connectivity index (χ3v) is 1.11. The lowest BCUT2D eigenvalue weighted by Gasteiger charge is -2.09. The Morgan fingerprint density at radius 3 is 2.15 bits per heavy atom. The van der Waals surface area contributed by atoms with Crippen molar-refractivity contribution in [3.8, 4) is 0 Å². The monoisotopic (exact) mass is 194 g/mol. The number of alkyl halides is 1. The van der Waals surface area contributed by atoms with E-state index in [-0.39, 0.29) is 12.4 Å². The molecule has 0 aliphatic rings. The van der Waals surface area contributed by atoms with Crippen LogP contribution in [0.15, 0.2) is 4.99 Å². The van der Waals surface area contributed by atoms with E-state index in [2.05, 4.69) is 4.99 Å². The van der Waals surface area contributed by atoms with Gasteiger partial charge in [0.15, 0.2) is 6.29 Å². The highest BCUT2D eigenvalue weighted by molar-refractivity contribution is 5.81. The van der Waals surface area contributed by atoms with Crippen molar-refractivity contribution in [1.82, 2.24) is 0 Å². The molecule has 0 rings (SSSR count). The molecular weight excluding hydrogens is 175 g/mol. The first-order chi connectivity index (χ1) is 6.24. The second-order valence-electron chi connectivity index (χ2n) is 1.87. The zero-order chi connectivity index (χ0) is 10.7. The summed E-state index contributed by atoms with van der Waals surface area (Å²) in [6.07, 6.45) is -0.444. The summed E-state index contributed by atoms with van der Waals surface area (Å²) in [5.74, 6) is -0.0379. The van der Waals surface area contributed by atoms with Crippen molar-refractivity contribution in [1.29, 1.82) is 0 Å². The SMILES string of the molecule is CC.COC(CN=C(N)CF)OC. The van der Waals surface area contributed by atoms with Gasteiger partial charge >= 0.3 is 0 Å². The molecule has 0 unspecified atom stereocenters. The number of aliphatic imine (C=N–C) groups is 1. The number of halogens is 1. The van der Waals surface area contributed by atoms with Gasteiger partial charge in [-0.15, -0.1) is 0 Å². The minimum Gasteiger partial charge on any atom is -0.385 e. The van der Waals surface area contributed by atoms with E-state index in [1.165, 1.54) is 14.2 Å². The minimum atomic E-state index is -0.736. The van der Waals surface area contributed by atoms with Crippen LogP contribution in [-0.4, -0.2) is 39.6 Å². The first-order valence-electron chi connectivity index (χ1n) is 4.15. The van der Waals surface area contributed by atoms with Crippen LogP contribution < -0.4 is 5.73 Å². The minimum absolute atomic E-state index is 0.0379. The maximum Gasteiger partial charge on any atom is 0.176 e. The molecule has 4 nitrogen and oxygen atoms in total. The molecule has 0 aliphatic carbocycles. The molecule has 0 aliphatic heterocycles. The lowest BCUT2D eigenvalue weighted by molar-refractivity contribution is -0.0937. The van der Waals surface area contributed by atoms with Gasteiger partial charge in [-0.1, -0.05) is 13.8 Å². The lowest BCUT2D eigenvalue weighted by atomic mass is 10.6. The molecule has 0 heterocycles. The molecule has 5 heteroatoms. The molecular formula is C8H19FN2O2. The van der Waals surface area contributed by atoms with Gasteiger partial charge in [0.1, 0.15) is 12.5 Å². The molecule has 0 aromatic rings. The van der Waals surface area contributed by atoms with Crippen LogP contribution in [-0.2, 0) is 9.47 Å². The zero-order valence-corrected chi connectivity index (χ0v) is 8.71. The van der Waals surface area contributed by atoms with Crippen LogP contribution in [0.4, 0.5) is 4.39 Å². The second-order valence-corrected chi connectivity index (χ2v) is 1.87. The largest absolute Gasteiger partial charge is 0.385 e. The summed E-state index contributed by atoms with van der Waals surface area (Å²) in [5.41, 5.74) is 5.09. The number of hydrogen-bond acceptors (Lipinski definition) is 3. The highest BCUT2D eigenvalue weighted by Crippen LogP contribution is 1.90.